The molecule has 2 atom stereocenters. The zero-order valence-electron chi connectivity index (χ0n) is 9.25. The molecule has 1 nitrogen and oxygen atoms in total. The van der Waals surface area contributed by atoms with E-state index in [4.69, 9.17) is 0 Å². The maximum atomic E-state index is 2.80. The molecule has 14 heavy (non-hydrogen) atoms. The van der Waals surface area contributed by atoms with E-state index < -0.39 is 0 Å². The number of rotatable bonds is 2. The summed E-state index contributed by atoms with van der Waals surface area (Å²) in [6, 6.07) is 1.03. The van der Waals surface area contributed by atoms with Gasteiger partial charge in [0, 0.05) is 6.04 Å². The average molecular weight is 193 g/mol. The lowest BCUT2D eigenvalue weighted by molar-refractivity contribution is 0.200. The maximum Gasteiger partial charge on any atom is 0.0130 e. The quantitative estimate of drug-likeness (QED) is 0.651. The first-order chi connectivity index (χ1) is 6.95. The summed E-state index contributed by atoms with van der Waals surface area (Å²) in [6.45, 7) is 2.82. The van der Waals surface area contributed by atoms with Gasteiger partial charge >= 0.3 is 0 Å². The minimum absolute atomic E-state index is 1.03. The maximum absolute atomic E-state index is 2.80. The van der Waals surface area contributed by atoms with Gasteiger partial charge in [-0.15, -0.1) is 0 Å². The van der Waals surface area contributed by atoms with Crippen LogP contribution < -0.4 is 0 Å². The second-order valence-electron chi connectivity index (χ2n) is 5.61. The predicted molar refractivity (Wildman–Crippen MR) is 59.3 cm³/mol. The highest BCUT2D eigenvalue weighted by atomic mass is 15.2. The fourth-order valence-electron chi connectivity index (χ4n) is 3.76. The van der Waals surface area contributed by atoms with Crippen molar-refractivity contribution >= 4 is 0 Å². The molecule has 2 unspecified atom stereocenters. The molecule has 0 radical (unpaired) electrons. The number of piperidine rings is 1. The molecule has 2 saturated carbocycles. The van der Waals surface area contributed by atoms with E-state index >= 15 is 0 Å². The first kappa shape index (κ1) is 9.21. The van der Waals surface area contributed by atoms with E-state index in [-0.39, 0.29) is 0 Å². The van der Waals surface area contributed by atoms with E-state index in [0.717, 1.165) is 17.9 Å². The molecule has 0 bridgehead atoms. The van der Waals surface area contributed by atoms with Crippen molar-refractivity contribution in [2.75, 3.05) is 13.1 Å². The van der Waals surface area contributed by atoms with Gasteiger partial charge in [0.05, 0.1) is 0 Å². The van der Waals surface area contributed by atoms with Crippen LogP contribution in [-0.4, -0.2) is 24.0 Å². The zero-order valence-corrected chi connectivity index (χ0v) is 9.25. The lowest BCUT2D eigenvalue weighted by atomic mass is 10.0. The first-order valence-corrected chi connectivity index (χ1v) is 6.69. The Bertz CT molecular complexity index is 189. The lowest BCUT2D eigenvalue weighted by Crippen LogP contribution is -2.33. The van der Waals surface area contributed by atoms with Gasteiger partial charge in [-0.25, -0.2) is 0 Å². The predicted octanol–water partition coefficient (Wildman–Crippen LogP) is 3.05. The summed E-state index contributed by atoms with van der Waals surface area (Å²) in [7, 11) is 0. The van der Waals surface area contributed by atoms with Crippen molar-refractivity contribution in [1.29, 1.82) is 0 Å². The SMILES string of the molecule is C1CCN(C2CC2C2CCCC2)CC1. The molecule has 0 aromatic carbocycles. The summed E-state index contributed by atoms with van der Waals surface area (Å²) >= 11 is 0. The van der Waals surface area contributed by atoms with E-state index in [1.54, 1.807) is 19.3 Å². The molecular formula is C13H23N. The average Bonchev–Trinajstić information content (AvgIpc) is 2.87. The van der Waals surface area contributed by atoms with Crippen LogP contribution in [0.1, 0.15) is 51.4 Å². The van der Waals surface area contributed by atoms with Gasteiger partial charge in [-0.05, 0) is 44.2 Å². The van der Waals surface area contributed by atoms with Gasteiger partial charge in [0.25, 0.3) is 0 Å². The van der Waals surface area contributed by atoms with Crippen molar-refractivity contribution in [2.24, 2.45) is 11.8 Å². The third-order valence-electron chi connectivity index (χ3n) is 4.67. The van der Waals surface area contributed by atoms with E-state index in [0.29, 0.717) is 0 Å². The second kappa shape index (κ2) is 3.84. The van der Waals surface area contributed by atoms with Crippen molar-refractivity contribution in [2.45, 2.75) is 57.4 Å². The Morgan fingerprint density at radius 3 is 2.21 bits per heavy atom. The molecule has 3 aliphatic rings. The van der Waals surface area contributed by atoms with Crippen LogP contribution in [0.15, 0.2) is 0 Å². The zero-order chi connectivity index (χ0) is 9.38. The molecule has 3 rings (SSSR count). The van der Waals surface area contributed by atoms with E-state index in [1.807, 2.05) is 0 Å². The Morgan fingerprint density at radius 2 is 1.50 bits per heavy atom. The Kier molecular flexibility index (Phi) is 2.53. The summed E-state index contributed by atoms with van der Waals surface area (Å²) in [6.07, 6.45) is 12.1. The number of hydrogen-bond acceptors (Lipinski definition) is 1. The lowest BCUT2D eigenvalue weighted by Gasteiger charge is -2.27. The third kappa shape index (κ3) is 1.71. The van der Waals surface area contributed by atoms with Crippen LogP contribution >= 0.6 is 0 Å². The first-order valence-electron chi connectivity index (χ1n) is 6.69. The van der Waals surface area contributed by atoms with E-state index in [9.17, 15) is 0 Å². The Labute approximate surface area is 87.9 Å². The van der Waals surface area contributed by atoms with Gasteiger partial charge in [0.15, 0.2) is 0 Å². The number of nitrogens with zero attached hydrogens (tertiary/aromatic N) is 1. The minimum atomic E-state index is 1.03. The normalized spacial score (nSPS) is 40.3. The van der Waals surface area contributed by atoms with Crippen molar-refractivity contribution in [3.8, 4) is 0 Å². The molecule has 0 spiro atoms. The van der Waals surface area contributed by atoms with Crippen molar-refractivity contribution in [1.82, 2.24) is 4.90 Å². The molecule has 80 valence electrons. The van der Waals surface area contributed by atoms with Crippen LogP contribution in [0, 0.1) is 11.8 Å². The van der Waals surface area contributed by atoms with Crippen LogP contribution in [0.5, 0.6) is 0 Å². The molecule has 1 heterocycles. The number of likely N-dealkylation sites (tertiary alicyclic amines) is 1. The van der Waals surface area contributed by atoms with Crippen LogP contribution in [-0.2, 0) is 0 Å². The molecule has 1 heteroatoms. The molecule has 0 aromatic heterocycles. The van der Waals surface area contributed by atoms with Gasteiger partial charge < -0.3 is 4.90 Å². The molecule has 3 fully saturated rings. The van der Waals surface area contributed by atoms with Crippen molar-refractivity contribution < 1.29 is 0 Å². The highest BCUT2D eigenvalue weighted by Gasteiger charge is 2.46. The molecule has 0 amide bonds. The summed E-state index contributed by atoms with van der Waals surface area (Å²) in [4.78, 5) is 2.80. The van der Waals surface area contributed by atoms with E-state index in [1.165, 1.54) is 45.2 Å². The van der Waals surface area contributed by atoms with E-state index in [2.05, 4.69) is 4.90 Å². The highest BCUT2D eigenvalue weighted by Crippen LogP contribution is 2.48. The third-order valence-corrected chi connectivity index (χ3v) is 4.67. The van der Waals surface area contributed by atoms with Gasteiger partial charge in [0.1, 0.15) is 0 Å². The van der Waals surface area contributed by atoms with Crippen molar-refractivity contribution in [3.05, 3.63) is 0 Å². The summed E-state index contributed by atoms with van der Waals surface area (Å²) in [5, 5.41) is 0. The van der Waals surface area contributed by atoms with Gasteiger partial charge in [0.2, 0.25) is 0 Å². The Morgan fingerprint density at radius 1 is 0.786 bits per heavy atom. The van der Waals surface area contributed by atoms with Crippen LogP contribution in [0.4, 0.5) is 0 Å². The van der Waals surface area contributed by atoms with Crippen molar-refractivity contribution in [3.63, 3.8) is 0 Å². The van der Waals surface area contributed by atoms with Crippen LogP contribution in [0.3, 0.4) is 0 Å². The summed E-state index contributed by atoms with van der Waals surface area (Å²) in [5.41, 5.74) is 0. The molecule has 2 aliphatic carbocycles. The largest absolute Gasteiger partial charge is 0.300 e. The fourth-order valence-corrected chi connectivity index (χ4v) is 3.76. The minimum Gasteiger partial charge on any atom is -0.300 e. The standard InChI is InChI=1S/C13H23N/c1-4-8-14(9-5-1)13-10-12(13)11-6-2-3-7-11/h11-13H,1-10H2. The molecular weight excluding hydrogens is 170 g/mol. The topological polar surface area (TPSA) is 3.24 Å². The smallest absolute Gasteiger partial charge is 0.0130 e. The monoisotopic (exact) mass is 193 g/mol. The second-order valence-corrected chi connectivity index (χ2v) is 5.61. The molecule has 1 aliphatic heterocycles. The van der Waals surface area contributed by atoms with Gasteiger partial charge in [-0.1, -0.05) is 32.1 Å². The Hall–Kier alpha value is -0.0400. The highest BCUT2D eigenvalue weighted by molar-refractivity contribution is 5.00. The Balaban J connectivity index is 1.51. The molecule has 0 N–H and O–H groups in total. The van der Waals surface area contributed by atoms with Gasteiger partial charge in [-0.2, -0.15) is 0 Å². The van der Waals surface area contributed by atoms with Crippen LogP contribution in [0.2, 0.25) is 0 Å². The van der Waals surface area contributed by atoms with Gasteiger partial charge in [-0.3, -0.25) is 0 Å². The summed E-state index contributed by atoms with van der Waals surface area (Å²) in [5.74, 6) is 2.25. The number of hydrogen-bond donors (Lipinski definition) is 0. The van der Waals surface area contributed by atoms with Crippen LogP contribution in [0.25, 0.3) is 0 Å². The molecule has 1 saturated heterocycles. The summed E-state index contributed by atoms with van der Waals surface area (Å²) < 4.78 is 0. The molecule has 0 aromatic rings. The fraction of sp³-hybridized carbons (Fsp3) is 1.00.